The number of nitrogens with zero attached hydrogens (tertiary/aromatic N) is 2. The van der Waals surface area contributed by atoms with Gasteiger partial charge in [0.2, 0.25) is 5.82 Å². The third-order valence-electron chi connectivity index (χ3n) is 3.18. The van der Waals surface area contributed by atoms with Crippen LogP contribution >= 0.6 is 0 Å². The van der Waals surface area contributed by atoms with E-state index < -0.39 is 23.2 Å². The number of aromatic nitrogens is 2. The Morgan fingerprint density at radius 1 is 1.27 bits per heavy atom. The van der Waals surface area contributed by atoms with Crippen molar-refractivity contribution in [2.24, 2.45) is 5.92 Å². The predicted molar refractivity (Wildman–Crippen MR) is 75.5 cm³/mol. The van der Waals surface area contributed by atoms with Crippen LogP contribution in [0, 0.1) is 5.92 Å². The van der Waals surface area contributed by atoms with Crippen molar-refractivity contribution in [3.05, 3.63) is 30.2 Å². The lowest BCUT2D eigenvalue weighted by molar-refractivity contribution is -0.159. The number of halogens is 3. The van der Waals surface area contributed by atoms with Gasteiger partial charge in [0.15, 0.2) is 4.90 Å². The lowest BCUT2D eigenvalue weighted by Crippen LogP contribution is -2.13. The highest BCUT2D eigenvalue weighted by atomic mass is 32.2. The largest absolute Gasteiger partial charge is 0.611 e. The van der Waals surface area contributed by atoms with Gasteiger partial charge in [-0.25, -0.2) is 0 Å². The minimum atomic E-state index is -4.66. The number of benzene rings is 1. The van der Waals surface area contributed by atoms with Crippen molar-refractivity contribution in [1.82, 2.24) is 10.1 Å². The molecule has 0 N–H and O–H groups in total. The van der Waals surface area contributed by atoms with Crippen LogP contribution in [0.15, 0.2) is 33.7 Å². The zero-order chi connectivity index (χ0) is 16.3. The van der Waals surface area contributed by atoms with Gasteiger partial charge in [0.25, 0.3) is 0 Å². The van der Waals surface area contributed by atoms with Crippen molar-refractivity contribution >= 4 is 11.2 Å². The van der Waals surface area contributed by atoms with Gasteiger partial charge in [-0.3, -0.25) is 0 Å². The highest BCUT2D eigenvalue weighted by molar-refractivity contribution is 7.91. The van der Waals surface area contributed by atoms with E-state index >= 15 is 0 Å². The highest BCUT2D eigenvalue weighted by Crippen LogP contribution is 2.29. The first-order chi connectivity index (χ1) is 10.3. The zero-order valence-corrected chi connectivity index (χ0v) is 12.9. The van der Waals surface area contributed by atoms with E-state index in [1.54, 1.807) is 12.1 Å². The molecule has 0 aliphatic rings. The smallest absolute Gasteiger partial charge is 0.471 e. The van der Waals surface area contributed by atoms with E-state index in [0.29, 0.717) is 22.1 Å². The number of hydrogen-bond acceptors (Lipinski definition) is 4. The third-order valence-corrected chi connectivity index (χ3v) is 4.85. The normalized spacial score (nSPS) is 14.8. The Bertz CT molecular complexity index is 613. The van der Waals surface area contributed by atoms with Gasteiger partial charge >= 0.3 is 12.1 Å². The summed E-state index contributed by atoms with van der Waals surface area (Å²) in [5.74, 6) is -0.637. The molecule has 4 nitrogen and oxygen atoms in total. The number of rotatable bonds is 5. The Labute approximate surface area is 128 Å². The quantitative estimate of drug-likeness (QED) is 0.779. The van der Waals surface area contributed by atoms with E-state index in [1.807, 2.05) is 13.8 Å². The fraction of sp³-hybridized carbons (Fsp3) is 0.429. The molecule has 2 atom stereocenters. The molecule has 0 aliphatic heterocycles. The molecule has 0 saturated carbocycles. The Hall–Kier alpha value is -1.54. The summed E-state index contributed by atoms with van der Waals surface area (Å²) in [5, 5.41) is 3.31. The summed E-state index contributed by atoms with van der Waals surface area (Å²) in [7, 11) is 0. The summed E-state index contributed by atoms with van der Waals surface area (Å²) in [5.41, 5.74) is 0.378. The molecule has 120 valence electrons. The van der Waals surface area contributed by atoms with Crippen LogP contribution in [0.1, 0.15) is 26.2 Å². The Balaban J connectivity index is 2.13. The van der Waals surface area contributed by atoms with Crippen LogP contribution < -0.4 is 0 Å². The number of hydrogen-bond donors (Lipinski definition) is 0. The van der Waals surface area contributed by atoms with Crippen LogP contribution in [-0.4, -0.2) is 20.4 Å². The second-order valence-electron chi connectivity index (χ2n) is 4.97. The Morgan fingerprint density at radius 2 is 1.91 bits per heavy atom. The maximum atomic E-state index is 12.4. The fourth-order valence-corrected chi connectivity index (χ4v) is 3.07. The topological polar surface area (TPSA) is 62.0 Å². The molecular weight excluding hydrogens is 317 g/mol. The molecule has 1 aromatic heterocycles. The molecule has 2 unspecified atom stereocenters. The maximum Gasteiger partial charge on any atom is 0.471 e. The van der Waals surface area contributed by atoms with Gasteiger partial charge in [-0.2, -0.15) is 18.2 Å². The number of alkyl halides is 3. The van der Waals surface area contributed by atoms with Gasteiger partial charge in [0.05, 0.1) is 0 Å². The molecule has 0 spiro atoms. The Morgan fingerprint density at radius 3 is 2.41 bits per heavy atom. The molecule has 0 aliphatic carbocycles. The SMILES string of the molecule is CCC(C)C[S+]([O-])c1ccc(-c2noc(C(F)(F)F)n2)cc1. The maximum absolute atomic E-state index is 12.4. The molecule has 2 aromatic rings. The first kappa shape index (κ1) is 16.8. The highest BCUT2D eigenvalue weighted by Gasteiger charge is 2.38. The summed E-state index contributed by atoms with van der Waals surface area (Å²) < 4.78 is 53.5. The second-order valence-corrected chi connectivity index (χ2v) is 6.47. The van der Waals surface area contributed by atoms with Gasteiger partial charge in [0.1, 0.15) is 5.75 Å². The molecule has 0 bridgehead atoms. The van der Waals surface area contributed by atoms with Crippen LogP contribution in [0.2, 0.25) is 0 Å². The zero-order valence-electron chi connectivity index (χ0n) is 12.1. The molecule has 0 saturated heterocycles. The molecule has 0 radical (unpaired) electrons. The molecule has 0 fully saturated rings. The molecule has 1 heterocycles. The second kappa shape index (κ2) is 6.70. The van der Waals surface area contributed by atoms with Gasteiger partial charge < -0.3 is 9.08 Å². The van der Waals surface area contributed by atoms with Crippen molar-refractivity contribution in [3.8, 4) is 11.4 Å². The van der Waals surface area contributed by atoms with Crippen molar-refractivity contribution in [2.75, 3.05) is 5.75 Å². The molecular formula is C14H15F3N2O2S. The lowest BCUT2D eigenvalue weighted by atomic mass is 10.2. The van der Waals surface area contributed by atoms with E-state index in [1.165, 1.54) is 12.1 Å². The lowest BCUT2D eigenvalue weighted by Gasteiger charge is -2.14. The molecule has 2 rings (SSSR count). The van der Waals surface area contributed by atoms with Gasteiger partial charge in [0, 0.05) is 11.5 Å². The standard InChI is InChI=1S/C14H15F3N2O2S/c1-3-9(2)8-22(20)11-6-4-10(5-7-11)12-18-13(21-19-12)14(15,16)17/h4-7,9H,3,8H2,1-2H3. The first-order valence-corrected chi connectivity index (χ1v) is 8.03. The monoisotopic (exact) mass is 332 g/mol. The van der Waals surface area contributed by atoms with E-state index in [2.05, 4.69) is 14.7 Å². The minimum absolute atomic E-state index is 0.147. The third kappa shape index (κ3) is 4.01. The summed E-state index contributed by atoms with van der Waals surface area (Å²) >= 11 is -1.13. The molecule has 8 heteroatoms. The van der Waals surface area contributed by atoms with Crippen LogP contribution in [-0.2, 0) is 17.4 Å². The van der Waals surface area contributed by atoms with Crippen molar-refractivity contribution in [1.29, 1.82) is 0 Å². The van der Waals surface area contributed by atoms with Crippen molar-refractivity contribution in [3.63, 3.8) is 0 Å². The van der Waals surface area contributed by atoms with Crippen molar-refractivity contribution in [2.45, 2.75) is 31.3 Å². The summed E-state index contributed by atoms with van der Waals surface area (Å²) in [6.07, 6.45) is -3.73. The van der Waals surface area contributed by atoms with E-state index in [0.717, 1.165) is 6.42 Å². The van der Waals surface area contributed by atoms with Crippen molar-refractivity contribution < 1.29 is 22.2 Å². The van der Waals surface area contributed by atoms with Crippen LogP contribution in [0.25, 0.3) is 11.4 Å². The average molecular weight is 332 g/mol. The van der Waals surface area contributed by atoms with E-state index in [9.17, 15) is 17.7 Å². The summed E-state index contributed by atoms with van der Waals surface area (Å²) in [6, 6.07) is 6.29. The molecule has 22 heavy (non-hydrogen) atoms. The minimum Gasteiger partial charge on any atom is -0.611 e. The summed E-state index contributed by atoms with van der Waals surface area (Å²) in [6.45, 7) is 4.05. The van der Waals surface area contributed by atoms with Crippen LogP contribution in [0.3, 0.4) is 0 Å². The fourth-order valence-electron chi connectivity index (χ4n) is 1.68. The van der Waals surface area contributed by atoms with Gasteiger partial charge in [-0.05, 0) is 41.9 Å². The first-order valence-electron chi connectivity index (χ1n) is 6.71. The van der Waals surface area contributed by atoms with Crippen LogP contribution in [0.5, 0.6) is 0 Å². The van der Waals surface area contributed by atoms with Gasteiger partial charge in [-0.1, -0.05) is 19.0 Å². The van der Waals surface area contributed by atoms with Crippen LogP contribution in [0.4, 0.5) is 13.2 Å². The van der Waals surface area contributed by atoms with Gasteiger partial charge in [-0.15, -0.1) is 0 Å². The van der Waals surface area contributed by atoms with E-state index in [-0.39, 0.29) is 5.82 Å². The molecule has 0 amide bonds. The van der Waals surface area contributed by atoms with E-state index in [4.69, 9.17) is 0 Å². The summed E-state index contributed by atoms with van der Waals surface area (Å²) in [4.78, 5) is 3.94. The Kier molecular flexibility index (Phi) is 5.12. The molecule has 1 aromatic carbocycles. The predicted octanol–water partition coefficient (Wildman–Crippen LogP) is 3.91. The average Bonchev–Trinajstić information content (AvgIpc) is 2.97.